The highest BCUT2D eigenvalue weighted by Crippen LogP contribution is 2.68. The van der Waals surface area contributed by atoms with Crippen molar-refractivity contribution in [1.82, 2.24) is 0 Å². The van der Waals surface area contributed by atoms with Crippen LogP contribution in [0.4, 0.5) is 42.9 Å². The van der Waals surface area contributed by atoms with Crippen LogP contribution in [0.1, 0.15) is 113 Å². The van der Waals surface area contributed by atoms with Crippen LogP contribution < -0.4 is 19.3 Å². The van der Waals surface area contributed by atoms with Crippen molar-refractivity contribution >= 4 is 73.1 Å². The van der Waals surface area contributed by atoms with Crippen LogP contribution in [0.3, 0.4) is 0 Å². The minimum absolute atomic E-state index is 0.00953. The zero-order valence-corrected chi connectivity index (χ0v) is 67.0. The third-order valence-electron chi connectivity index (χ3n) is 28.4. The summed E-state index contributed by atoms with van der Waals surface area (Å²) in [5.41, 5.74) is 31.8. The molecule has 0 radical (unpaired) electrons. The Labute approximate surface area is 710 Å². The monoisotopic (exact) mass is 1590 g/mol. The average molecular weight is 1590 g/mol. The molecule has 0 saturated carbocycles. The zero-order valence-electron chi connectivity index (χ0n) is 67.0. The van der Waals surface area contributed by atoms with Gasteiger partial charge in [-0.15, -0.1) is 0 Å². The van der Waals surface area contributed by atoms with Gasteiger partial charge in [0.25, 0.3) is 0 Å². The Bertz CT molecular complexity index is 7640. The molecule has 26 rings (SSSR count). The molecule has 123 heavy (non-hydrogen) atoms. The van der Waals surface area contributed by atoms with Crippen LogP contribution >= 0.6 is 0 Å². The van der Waals surface area contributed by atoms with Crippen molar-refractivity contribution in [3.63, 3.8) is 0 Å². The molecule has 0 N–H and O–H groups in total. The molecular weight excluding hydrogens is 1510 g/mol. The van der Waals surface area contributed by atoms with Gasteiger partial charge in [0, 0.05) is 62.7 Å². The highest BCUT2D eigenvalue weighted by molar-refractivity contribution is 6.11. The van der Waals surface area contributed by atoms with Crippen LogP contribution in [-0.4, -0.2) is 0 Å². The zero-order chi connectivity index (χ0) is 81.0. The van der Waals surface area contributed by atoms with Crippen LogP contribution in [0.5, 0.6) is 23.0 Å². The van der Waals surface area contributed by atoms with E-state index in [2.05, 4.69) is 331 Å². The smallest absolute Gasteiger partial charge is 0.159 e. The van der Waals surface area contributed by atoms with Crippen LogP contribution in [0.15, 0.2) is 379 Å². The fraction of sp³-hybridized carbons (Fsp3) is 0.0957. The number of benzene rings is 16. The standard InChI is InChI=1S/C115H76F2N2O4/c116-77-45-37-73(38-46-77)113(75-41-55-83(56-42-75)120-85-53-35-69-31-33-71(69)63-85)99-23-7-1-15-87(99)91-59-49-79(65-103(91)113)118(107-27-13-21-97-95-19-5-11-29-109(95)122-111(97)107)81-51-61-93-89-17-3-9-25-101(89)115(105(93)67-81)102-26-10-4-18-90(102)94-62-52-82(68-106(94)115)119(108-28-14-22-98-96-20-6-12-30-110(96)123-112(98)108)80-50-60-92-88-16-2-8-24-100(88)114(104(92)66-80,74-39-47-78(117)48-40-74)76-43-57-84(58-44-76)121-86-54-36-70-32-34-72(70)64-86/h1-11,13-29,35-68,89,101H,12,30-34H2. The Kier molecular flexibility index (Phi) is 15.1. The number of rotatable bonds is 14. The molecule has 0 amide bonds. The second-order valence-electron chi connectivity index (χ2n) is 34.3. The summed E-state index contributed by atoms with van der Waals surface area (Å²) in [6, 6.07) is 121. The van der Waals surface area contributed by atoms with Gasteiger partial charge in [-0.05, 0) is 294 Å². The average Bonchev–Trinajstić information content (AvgIpc) is 1.51. The van der Waals surface area contributed by atoms with E-state index < -0.39 is 16.2 Å². The summed E-state index contributed by atoms with van der Waals surface area (Å²) < 4.78 is 59.3. The minimum Gasteiger partial charge on any atom is -0.458 e. The van der Waals surface area contributed by atoms with Gasteiger partial charge in [-0.2, -0.15) is 0 Å². The Morgan fingerprint density at radius 3 is 1.32 bits per heavy atom. The fourth-order valence-electron chi connectivity index (χ4n) is 22.9. The minimum atomic E-state index is -0.930. The predicted molar refractivity (Wildman–Crippen MR) is 489 cm³/mol. The number of anilines is 6. The quantitative estimate of drug-likeness (QED) is 0.108. The first-order valence-corrected chi connectivity index (χ1v) is 43.0. The molecule has 0 bridgehead atoms. The molecule has 8 heteroatoms. The van der Waals surface area contributed by atoms with E-state index in [0.717, 1.165) is 207 Å². The summed E-state index contributed by atoms with van der Waals surface area (Å²) >= 11 is 0. The Balaban J connectivity index is 0.683. The fourth-order valence-corrected chi connectivity index (χ4v) is 22.9. The number of aryl methyl sites for hydroxylation is 5. The molecule has 5 atom stereocenters. The lowest BCUT2D eigenvalue weighted by molar-refractivity contribution is 0.465. The van der Waals surface area contributed by atoms with Crippen LogP contribution in [0, 0.1) is 17.6 Å². The maximum Gasteiger partial charge on any atom is 0.159 e. The van der Waals surface area contributed by atoms with Gasteiger partial charge in [-0.1, -0.05) is 237 Å². The lowest BCUT2D eigenvalue weighted by Gasteiger charge is -2.37. The first-order chi connectivity index (χ1) is 60.7. The molecule has 16 aromatic carbocycles. The molecular formula is C115H76F2N2O4. The third kappa shape index (κ3) is 10.1. The molecule has 6 nitrogen and oxygen atoms in total. The topological polar surface area (TPSA) is 51.2 Å². The van der Waals surface area contributed by atoms with Crippen LogP contribution in [0.25, 0.3) is 72.4 Å². The number of ether oxygens (including phenoxy) is 2. The largest absolute Gasteiger partial charge is 0.458 e. The molecule has 2 heterocycles. The number of para-hydroxylation sites is 3. The number of nitrogens with zero attached hydrogens (tertiary/aromatic N) is 2. The lowest BCUT2D eigenvalue weighted by atomic mass is 9.65. The Morgan fingerprint density at radius 2 is 0.764 bits per heavy atom. The first-order valence-electron chi connectivity index (χ1n) is 43.0. The molecule has 8 aliphatic rings. The molecule has 8 aliphatic carbocycles. The molecule has 0 aliphatic heterocycles. The molecule has 0 fully saturated rings. The number of furan rings is 2. The van der Waals surface area contributed by atoms with Gasteiger partial charge in [0.05, 0.1) is 27.6 Å². The van der Waals surface area contributed by atoms with E-state index in [1.165, 1.54) is 55.6 Å². The van der Waals surface area contributed by atoms with Crippen molar-refractivity contribution in [3.05, 3.63) is 482 Å². The Morgan fingerprint density at radius 1 is 0.325 bits per heavy atom. The number of hydrogen-bond donors (Lipinski definition) is 0. The van der Waals surface area contributed by atoms with Crippen molar-refractivity contribution < 1.29 is 27.1 Å². The number of halogens is 2. The van der Waals surface area contributed by atoms with Crippen molar-refractivity contribution in [2.24, 2.45) is 5.92 Å². The van der Waals surface area contributed by atoms with Crippen molar-refractivity contribution in [3.8, 4) is 56.4 Å². The summed E-state index contributed by atoms with van der Waals surface area (Å²) in [7, 11) is 0. The first kappa shape index (κ1) is 70.0. The predicted octanol–water partition coefficient (Wildman–Crippen LogP) is 29.2. The molecule has 5 unspecified atom stereocenters. The van der Waals surface area contributed by atoms with Gasteiger partial charge < -0.3 is 28.1 Å². The van der Waals surface area contributed by atoms with Crippen molar-refractivity contribution in [1.29, 1.82) is 0 Å². The number of fused-ring (bicyclic) bond motifs is 24. The van der Waals surface area contributed by atoms with E-state index in [0.29, 0.717) is 0 Å². The molecule has 1 spiro atoms. The Hall–Kier alpha value is -14.9. The van der Waals surface area contributed by atoms with E-state index in [-0.39, 0.29) is 23.5 Å². The van der Waals surface area contributed by atoms with Crippen molar-refractivity contribution in [2.45, 2.75) is 60.7 Å². The molecule has 2 aromatic heterocycles. The highest BCUT2D eigenvalue weighted by atomic mass is 19.1. The second kappa shape index (κ2) is 26.6. The molecule has 584 valence electrons. The van der Waals surface area contributed by atoms with E-state index in [4.69, 9.17) is 18.3 Å². The van der Waals surface area contributed by atoms with Gasteiger partial charge in [0.1, 0.15) is 46.0 Å². The van der Waals surface area contributed by atoms with Gasteiger partial charge in [0.15, 0.2) is 11.2 Å². The SMILES string of the molecule is Fc1ccc(C2(c3ccc(Oc4ccc5c(c4)CC5)cc3)c3ccccc3-c3ccc(N(c4ccc5c(c4)C4(c6ccccc6-5)c5cc(N(c6ccc7c(c6)C(c6ccc(F)cc6)(c6ccc(Oc8ccc9c(c8)CC9)cc6)c6ccccc6-7)c6cccc7c6oc6ccccc67)ccc5C5C=CC=CC54)c4cccc5c6c(oc45)CCC=C6)cc32)cc1. The van der Waals surface area contributed by atoms with Crippen LogP contribution in [-0.2, 0) is 48.3 Å². The number of hydrogen-bond acceptors (Lipinski definition) is 6. The number of allylic oxidation sites excluding steroid dienone is 5. The summed E-state index contributed by atoms with van der Waals surface area (Å²) in [4.78, 5) is 4.88. The van der Waals surface area contributed by atoms with E-state index in [1.807, 2.05) is 30.3 Å². The molecule has 18 aromatic rings. The van der Waals surface area contributed by atoms with E-state index in [9.17, 15) is 0 Å². The van der Waals surface area contributed by atoms with Crippen LogP contribution in [0.2, 0.25) is 0 Å². The maximum absolute atomic E-state index is 15.7. The van der Waals surface area contributed by atoms with E-state index >= 15 is 8.78 Å². The second-order valence-corrected chi connectivity index (χ2v) is 34.3. The van der Waals surface area contributed by atoms with Gasteiger partial charge in [-0.25, -0.2) is 8.78 Å². The van der Waals surface area contributed by atoms with E-state index in [1.54, 1.807) is 24.3 Å². The summed E-state index contributed by atoms with van der Waals surface area (Å²) in [6.45, 7) is 0. The maximum atomic E-state index is 15.7. The van der Waals surface area contributed by atoms with Gasteiger partial charge in [-0.3, -0.25) is 0 Å². The third-order valence-corrected chi connectivity index (χ3v) is 28.4. The summed E-state index contributed by atoms with van der Waals surface area (Å²) in [5, 5.41) is 3.10. The van der Waals surface area contributed by atoms with Gasteiger partial charge in [0.2, 0.25) is 0 Å². The molecule has 0 saturated heterocycles. The van der Waals surface area contributed by atoms with Gasteiger partial charge >= 0.3 is 0 Å². The normalized spacial score (nSPS) is 18.8. The highest BCUT2D eigenvalue weighted by Gasteiger charge is 2.58. The summed E-state index contributed by atoms with van der Waals surface area (Å²) in [5.74, 6) is 3.41. The lowest BCUT2D eigenvalue weighted by Crippen LogP contribution is -2.33. The van der Waals surface area contributed by atoms with Crippen molar-refractivity contribution in [2.75, 3.05) is 9.80 Å². The summed E-state index contributed by atoms with van der Waals surface area (Å²) in [6.07, 6.45) is 19.9.